The van der Waals surface area contributed by atoms with Crippen molar-refractivity contribution in [1.82, 2.24) is 10.9 Å². The molecule has 0 radical (unpaired) electrons. The number of furan rings is 1. The lowest BCUT2D eigenvalue weighted by Gasteiger charge is -2.08. The van der Waals surface area contributed by atoms with Crippen LogP contribution in [0, 0.1) is 13.8 Å². The third kappa shape index (κ3) is 2.95. The smallest absolute Gasteiger partial charge is 0.273 e. The van der Waals surface area contributed by atoms with E-state index in [4.69, 9.17) is 25.5 Å². The topological polar surface area (TPSA) is 89.8 Å². The summed E-state index contributed by atoms with van der Waals surface area (Å²) in [6.07, 6.45) is 0. The van der Waals surface area contributed by atoms with Crippen LogP contribution in [0.25, 0.3) is 0 Å². The Bertz CT molecular complexity index is 799. The van der Waals surface area contributed by atoms with Crippen molar-refractivity contribution in [2.75, 3.05) is 6.79 Å². The molecule has 1 aliphatic rings. The highest BCUT2D eigenvalue weighted by atomic mass is 35.5. The molecule has 0 saturated carbocycles. The zero-order valence-corrected chi connectivity index (χ0v) is 13.1. The highest BCUT2D eigenvalue weighted by molar-refractivity contribution is 6.32. The van der Waals surface area contributed by atoms with Crippen LogP contribution in [0.15, 0.2) is 22.6 Å². The number of halogens is 1. The molecule has 2 N–H and O–H groups in total. The number of benzene rings is 1. The standard InChI is InChI=1S/C15H13ClN2O5/c1-7-3-10(8(2)23-7)15(20)18-17-14(19)9-4-11(16)13-12(5-9)21-6-22-13/h3-5H,6H2,1-2H3,(H,17,19)(H,18,20). The molecule has 8 heteroatoms. The van der Waals surface area contributed by atoms with E-state index >= 15 is 0 Å². The molecule has 0 unspecified atom stereocenters. The van der Waals surface area contributed by atoms with Crippen LogP contribution in [0.1, 0.15) is 32.2 Å². The fourth-order valence-electron chi connectivity index (χ4n) is 2.21. The molecule has 7 nitrogen and oxygen atoms in total. The summed E-state index contributed by atoms with van der Waals surface area (Å²) in [4.78, 5) is 24.1. The van der Waals surface area contributed by atoms with E-state index in [-0.39, 0.29) is 17.4 Å². The van der Waals surface area contributed by atoms with Gasteiger partial charge in [0.15, 0.2) is 11.5 Å². The van der Waals surface area contributed by atoms with Gasteiger partial charge in [-0.2, -0.15) is 0 Å². The van der Waals surface area contributed by atoms with Gasteiger partial charge in [0.1, 0.15) is 11.5 Å². The number of ether oxygens (including phenoxy) is 2. The monoisotopic (exact) mass is 336 g/mol. The molecule has 3 rings (SSSR count). The van der Waals surface area contributed by atoms with E-state index in [0.717, 1.165) is 0 Å². The first-order valence-electron chi connectivity index (χ1n) is 6.72. The van der Waals surface area contributed by atoms with E-state index in [0.29, 0.717) is 28.6 Å². The van der Waals surface area contributed by atoms with E-state index in [9.17, 15) is 9.59 Å². The summed E-state index contributed by atoms with van der Waals surface area (Å²) in [5.41, 5.74) is 5.23. The number of carbonyl (C=O) groups excluding carboxylic acids is 2. The SMILES string of the molecule is Cc1cc(C(=O)NNC(=O)c2cc(Cl)c3c(c2)OCO3)c(C)o1. The van der Waals surface area contributed by atoms with Gasteiger partial charge in [0.25, 0.3) is 11.8 Å². The van der Waals surface area contributed by atoms with Gasteiger partial charge in [0, 0.05) is 5.56 Å². The number of hydrogen-bond donors (Lipinski definition) is 2. The predicted molar refractivity (Wildman–Crippen MR) is 80.7 cm³/mol. The molecule has 2 aromatic rings. The fourth-order valence-corrected chi connectivity index (χ4v) is 2.47. The van der Waals surface area contributed by atoms with Crippen molar-refractivity contribution in [2.45, 2.75) is 13.8 Å². The molecule has 0 aliphatic carbocycles. The van der Waals surface area contributed by atoms with Crippen LogP contribution in [-0.2, 0) is 0 Å². The van der Waals surface area contributed by atoms with Crippen molar-refractivity contribution >= 4 is 23.4 Å². The summed E-state index contributed by atoms with van der Waals surface area (Å²) in [6, 6.07) is 4.51. The molecule has 2 amide bonds. The number of amides is 2. The second-order valence-electron chi connectivity index (χ2n) is 4.93. The molecule has 0 fully saturated rings. The van der Waals surface area contributed by atoms with Gasteiger partial charge in [-0.15, -0.1) is 0 Å². The molecule has 1 aromatic carbocycles. The largest absolute Gasteiger partial charge is 0.466 e. The van der Waals surface area contributed by atoms with Gasteiger partial charge in [-0.05, 0) is 32.0 Å². The Kier molecular flexibility index (Phi) is 3.87. The summed E-state index contributed by atoms with van der Waals surface area (Å²) in [6.45, 7) is 3.45. The van der Waals surface area contributed by atoms with Crippen molar-refractivity contribution in [3.63, 3.8) is 0 Å². The highest BCUT2D eigenvalue weighted by Gasteiger charge is 2.21. The Morgan fingerprint density at radius 3 is 2.52 bits per heavy atom. The normalized spacial score (nSPS) is 12.1. The summed E-state index contributed by atoms with van der Waals surface area (Å²) in [5.74, 6) is 0.866. The lowest BCUT2D eigenvalue weighted by Crippen LogP contribution is -2.41. The van der Waals surface area contributed by atoms with Gasteiger partial charge in [0.05, 0.1) is 10.6 Å². The minimum absolute atomic E-state index is 0.0516. The Labute approximate surface area is 136 Å². The number of rotatable bonds is 2. The molecule has 0 spiro atoms. The molecule has 0 saturated heterocycles. The summed E-state index contributed by atoms with van der Waals surface area (Å²) < 4.78 is 15.6. The second-order valence-corrected chi connectivity index (χ2v) is 5.33. The summed E-state index contributed by atoms with van der Waals surface area (Å²) in [5, 5.41) is 0.262. The number of fused-ring (bicyclic) bond motifs is 1. The quantitative estimate of drug-likeness (QED) is 0.822. The molecule has 120 valence electrons. The van der Waals surface area contributed by atoms with Crippen molar-refractivity contribution < 1.29 is 23.5 Å². The number of carbonyl (C=O) groups is 2. The maximum Gasteiger partial charge on any atom is 0.273 e. The molecule has 0 bridgehead atoms. The lowest BCUT2D eigenvalue weighted by molar-refractivity contribution is 0.0845. The van der Waals surface area contributed by atoms with Crippen LogP contribution in [-0.4, -0.2) is 18.6 Å². The van der Waals surface area contributed by atoms with E-state index < -0.39 is 11.8 Å². The van der Waals surface area contributed by atoms with E-state index in [1.165, 1.54) is 12.1 Å². The number of nitrogens with one attached hydrogen (secondary N) is 2. The first-order chi connectivity index (χ1) is 11.0. The van der Waals surface area contributed by atoms with E-state index in [2.05, 4.69) is 10.9 Å². The van der Waals surface area contributed by atoms with Crippen LogP contribution < -0.4 is 20.3 Å². The molecular weight excluding hydrogens is 324 g/mol. The van der Waals surface area contributed by atoms with Crippen LogP contribution >= 0.6 is 11.6 Å². The lowest BCUT2D eigenvalue weighted by atomic mass is 10.2. The van der Waals surface area contributed by atoms with Crippen molar-refractivity contribution in [1.29, 1.82) is 0 Å². The first kappa shape index (κ1) is 15.2. The van der Waals surface area contributed by atoms with Crippen molar-refractivity contribution in [3.8, 4) is 11.5 Å². The summed E-state index contributed by atoms with van der Waals surface area (Å²) >= 11 is 6.02. The Morgan fingerprint density at radius 2 is 1.83 bits per heavy atom. The predicted octanol–water partition coefficient (Wildman–Crippen LogP) is 2.35. The average molecular weight is 337 g/mol. The molecule has 2 heterocycles. The van der Waals surface area contributed by atoms with Crippen LogP contribution in [0.2, 0.25) is 5.02 Å². The molecule has 1 aromatic heterocycles. The van der Waals surface area contributed by atoms with Gasteiger partial charge < -0.3 is 13.9 Å². The maximum atomic E-state index is 12.1. The highest BCUT2D eigenvalue weighted by Crippen LogP contribution is 2.39. The fraction of sp³-hybridized carbons (Fsp3) is 0.200. The third-order valence-electron chi connectivity index (χ3n) is 3.26. The van der Waals surface area contributed by atoms with Crippen molar-refractivity contribution in [3.05, 3.63) is 45.9 Å². The zero-order valence-electron chi connectivity index (χ0n) is 12.4. The minimum atomic E-state index is -0.531. The van der Waals surface area contributed by atoms with Crippen LogP contribution in [0.5, 0.6) is 11.5 Å². The Hall–Kier alpha value is -2.67. The van der Waals surface area contributed by atoms with Gasteiger partial charge in [-0.25, -0.2) is 0 Å². The molecular formula is C15H13ClN2O5. The van der Waals surface area contributed by atoms with Crippen LogP contribution in [0.4, 0.5) is 0 Å². The van der Waals surface area contributed by atoms with Gasteiger partial charge in [0.2, 0.25) is 6.79 Å². The number of hydrazine groups is 1. The summed E-state index contributed by atoms with van der Waals surface area (Å²) in [7, 11) is 0. The molecule has 23 heavy (non-hydrogen) atoms. The maximum absolute atomic E-state index is 12.1. The average Bonchev–Trinajstić information content (AvgIpc) is 3.10. The minimum Gasteiger partial charge on any atom is -0.466 e. The van der Waals surface area contributed by atoms with Gasteiger partial charge in [-0.1, -0.05) is 11.6 Å². The third-order valence-corrected chi connectivity index (χ3v) is 3.55. The first-order valence-corrected chi connectivity index (χ1v) is 7.10. The van der Waals surface area contributed by atoms with Gasteiger partial charge >= 0.3 is 0 Å². The molecule has 1 aliphatic heterocycles. The second kappa shape index (κ2) is 5.85. The Balaban J connectivity index is 1.69. The Morgan fingerprint density at radius 1 is 1.09 bits per heavy atom. The van der Waals surface area contributed by atoms with Crippen molar-refractivity contribution in [2.24, 2.45) is 0 Å². The molecule has 0 atom stereocenters. The van der Waals surface area contributed by atoms with Crippen LogP contribution in [0.3, 0.4) is 0 Å². The number of hydrogen-bond acceptors (Lipinski definition) is 5. The zero-order chi connectivity index (χ0) is 16.6. The number of aryl methyl sites for hydroxylation is 2. The van der Waals surface area contributed by atoms with E-state index in [1.807, 2.05) is 0 Å². The van der Waals surface area contributed by atoms with E-state index in [1.54, 1.807) is 19.9 Å². The van der Waals surface area contributed by atoms with Gasteiger partial charge in [-0.3, -0.25) is 20.4 Å².